The van der Waals surface area contributed by atoms with Gasteiger partial charge in [0.15, 0.2) is 0 Å². The first-order valence-corrected chi connectivity index (χ1v) is 13.0. The average Bonchev–Trinajstić information content (AvgIpc) is 2.71. The SMILES string of the molecule is CC(C)(C)c1cc([C@@H](Cc2ccc3ccccc3n2)NS(=O)C(C)(C)C)cc(C(C)(C)C)c1. The van der Waals surface area contributed by atoms with E-state index in [1.54, 1.807) is 0 Å². The first kappa shape index (κ1) is 25.6. The van der Waals surface area contributed by atoms with Gasteiger partial charge in [-0.2, -0.15) is 0 Å². The van der Waals surface area contributed by atoms with E-state index in [2.05, 4.69) is 82.7 Å². The maximum Gasteiger partial charge on any atom is 0.0976 e. The normalized spacial score (nSPS) is 14.9. The van der Waals surface area contributed by atoms with E-state index in [1.807, 2.05) is 39.0 Å². The van der Waals surface area contributed by atoms with Crippen molar-refractivity contribution < 1.29 is 4.21 Å². The van der Waals surface area contributed by atoms with Crippen LogP contribution in [0.5, 0.6) is 0 Å². The van der Waals surface area contributed by atoms with Crippen molar-refractivity contribution in [1.29, 1.82) is 0 Å². The van der Waals surface area contributed by atoms with Crippen LogP contribution in [0.25, 0.3) is 10.9 Å². The average molecular weight is 465 g/mol. The number of fused-ring (bicyclic) bond motifs is 1. The molecule has 1 N–H and O–H groups in total. The molecule has 33 heavy (non-hydrogen) atoms. The smallest absolute Gasteiger partial charge is 0.0976 e. The van der Waals surface area contributed by atoms with Crippen molar-refractivity contribution in [2.24, 2.45) is 0 Å². The van der Waals surface area contributed by atoms with E-state index in [0.29, 0.717) is 6.42 Å². The Morgan fingerprint density at radius 2 is 1.39 bits per heavy atom. The third-order valence-electron chi connectivity index (χ3n) is 5.96. The maximum atomic E-state index is 13.2. The molecule has 0 fully saturated rings. The van der Waals surface area contributed by atoms with Gasteiger partial charge < -0.3 is 0 Å². The fraction of sp³-hybridized carbons (Fsp3) is 0.483. The second-order valence-electron chi connectivity index (χ2n) is 12.1. The van der Waals surface area contributed by atoms with E-state index in [-0.39, 0.29) is 21.6 Å². The summed E-state index contributed by atoms with van der Waals surface area (Å²) >= 11 is 0. The molecule has 0 bridgehead atoms. The molecule has 178 valence electrons. The molecule has 0 saturated carbocycles. The number of pyridine rings is 1. The highest BCUT2D eigenvalue weighted by atomic mass is 32.2. The minimum absolute atomic E-state index is 0.0188. The van der Waals surface area contributed by atoms with E-state index in [4.69, 9.17) is 4.98 Å². The molecule has 3 nitrogen and oxygen atoms in total. The number of nitrogens with zero attached hydrogens (tertiary/aromatic N) is 1. The van der Waals surface area contributed by atoms with Gasteiger partial charge in [0.25, 0.3) is 0 Å². The summed E-state index contributed by atoms with van der Waals surface area (Å²) in [5.41, 5.74) is 5.78. The van der Waals surface area contributed by atoms with Gasteiger partial charge in [0.05, 0.1) is 21.2 Å². The zero-order valence-electron chi connectivity index (χ0n) is 21.7. The van der Waals surface area contributed by atoms with Crippen molar-refractivity contribution in [1.82, 2.24) is 9.71 Å². The van der Waals surface area contributed by atoms with Crippen LogP contribution in [-0.4, -0.2) is 13.9 Å². The summed E-state index contributed by atoms with van der Waals surface area (Å²) in [6.07, 6.45) is 0.670. The van der Waals surface area contributed by atoms with Crippen LogP contribution in [0.15, 0.2) is 54.6 Å². The second-order valence-corrected chi connectivity index (χ2v) is 14.1. The van der Waals surface area contributed by atoms with Crippen molar-refractivity contribution in [2.45, 2.75) is 90.4 Å². The highest BCUT2D eigenvalue weighted by molar-refractivity contribution is 7.84. The molecule has 1 heterocycles. The Hall–Kier alpha value is -2.04. The molecular weight excluding hydrogens is 424 g/mol. The van der Waals surface area contributed by atoms with Gasteiger partial charge >= 0.3 is 0 Å². The number of benzene rings is 2. The molecular formula is C29H40N2OS. The Labute approximate surface area is 203 Å². The highest BCUT2D eigenvalue weighted by Gasteiger charge is 2.27. The lowest BCUT2D eigenvalue weighted by Gasteiger charge is -2.30. The third-order valence-corrected chi connectivity index (χ3v) is 7.58. The third kappa shape index (κ3) is 6.51. The van der Waals surface area contributed by atoms with Crippen molar-refractivity contribution in [3.8, 4) is 0 Å². The fourth-order valence-corrected chi connectivity index (χ4v) is 4.51. The predicted octanol–water partition coefficient (Wildman–Crippen LogP) is 7.17. The molecule has 0 aliphatic heterocycles. The molecule has 3 aromatic rings. The van der Waals surface area contributed by atoms with Crippen LogP contribution < -0.4 is 4.72 Å². The summed E-state index contributed by atoms with van der Waals surface area (Å²) in [6, 6.07) is 19.2. The minimum Gasteiger partial charge on any atom is -0.253 e. The monoisotopic (exact) mass is 464 g/mol. The molecule has 4 heteroatoms. The van der Waals surface area contributed by atoms with Gasteiger partial charge in [0, 0.05) is 23.5 Å². The van der Waals surface area contributed by atoms with Crippen LogP contribution in [0.1, 0.15) is 90.7 Å². The first-order valence-electron chi connectivity index (χ1n) is 11.8. The molecule has 0 spiro atoms. The molecule has 0 radical (unpaired) electrons. The zero-order chi connectivity index (χ0) is 24.6. The molecule has 0 saturated heterocycles. The maximum absolute atomic E-state index is 13.2. The molecule has 2 aromatic carbocycles. The number of para-hydroxylation sites is 1. The predicted molar refractivity (Wildman–Crippen MR) is 143 cm³/mol. The van der Waals surface area contributed by atoms with Gasteiger partial charge in [0.2, 0.25) is 0 Å². The largest absolute Gasteiger partial charge is 0.253 e. The van der Waals surface area contributed by atoms with Crippen molar-refractivity contribution in [2.75, 3.05) is 0 Å². The number of nitrogens with one attached hydrogen (secondary N) is 1. The zero-order valence-corrected chi connectivity index (χ0v) is 22.6. The van der Waals surface area contributed by atoms with Crippen molar-refractivity contribution in [3.05, 3.63) is 77.0 Å². The van der Waals surface area contributed by atoms with Crippen LogP contribution in [0.4, 0.5) is 0 Å². The number of hydrogen-bond acceptors (Lipinski definition) is 2. The summed E-state index contributed by atoms with van der Waals surface area (Å²) < 4.78 is 16.3. The molecule has 0 amide bonds. The van der Waals surface area contributed by atoms with Crippen molar-refractivity contribution in [3.63, 3.8) is 0 Å². The fourth-order valence-electron chi connectivity index (χ4n) is 3.68. The Morgan fingerprint density at radius 3 is 1.94 bits per heavy atom. The van der Waals surface area contributed by atoms with Gasteiger partial charge in [-0.1, -0.05) is 84.0 Å². The standard InChI is InChI=1S/C29H40N2OS/c1-27(2,3)22-16-21(17-23(18-22)28(4,5)6)26(31-33(32)29(7,8)9)19-24-15-14-20-12-10-11-13-25(20)30-24/h10-18,26,31H,19H2,1-9H3/t26-,33?/m1/s1. The van der Waals surface area contributed by atoms with E-state index < -0.39 is 11.0 Å². The Bertz CT molecular complexity index is 1110. The number of hydrogen-bond donors (Lipinski definition) is 1. The van der Waals surface area contributed by atoms with Crippen molar-refractivity contribution >= 4 is 21.9 Å². The molecule has 0 aliphatic rings. The summed E-state index contributed by atoms with van der Waals surface area (Å²) in [7, 11) is -1.20. The van der Waals surface area contributed by atoms with Crippen LogP contribution >= 0.6 is 0 Å². The van der Waals surface area contributed by atoms with Crippen LogP contribution in [0.2, 0.25) is 0 Å². The Morgan fingerprint density at radius 1 is 0.818 bits per heavy atom. The van der Waals surface area contributed by atoms with E-state index in [1.165, 1.54) is 16.7 Å². The van der Waals surface area contributed by atoms with Crippen LogP contribution in [0, 0.1) is 0 Å². The van der Waals surface area contributed by atoms with E-state index in [0.717, 1.165) is 16.6 Å². The topological polar surface area (TPSA) is 42.0 Å². The number of aromatic nitrogens is 1. The molecule has 2 atom stereocenters. The van der Waals surface area contributed by atoms with Gasteiger partial charge in [0.1, 0.15) is 0 Å². The summed E-state index contributed by atoms with van der Waals surface area (Å²) in [5, 5.41) is 1.13. The van der Waals surface area contributed by atoms with E-state index >= 15 is 0 Å². The number of rotatable bonds is 5. The lowest BCUT2D eigenvalue weighted by Crippen LogP contribution is -2.37. The first-order chi connectivity index (χ1) is 15.1. The second kappa shape index (κ2) is 9.31. The molecule has 0 aliphatic carbocycles. The summed E-state index contributed by atoms with van der Waals surface area (Å²) in [6.45, 7) is 19.5. The lowest BCUT2D eigenvalue weighted by atomic mass is 9.78. The Kier molecular flexibility index (Phi) is 7.21. The van der Waals surface area contributed by atoms with Gasteiger partial charge in [-0.05, 0) is 60.4 Å². The molecule has 1 unspecified atom stereocenters. The van der Waals surface area contributed by atoms with Crippen LogP contribution in [0.3, 0.4) is 0 Å². The Balaban J connectivity index is 2.10. The molecule has 1 aromatic heterocycles. The molecule has 3 rings (SSSR count). The quantitative estimate of drug-likeness (QED) is 0.435. The lowest BCUT2D eigenvalue weighted by molar-refractivity contribution is 0.557. The van der Waals surface area contributed by atoms with E-state index in [9.17, 15) is 4.21 Å². The summed E-state index contributed by atoms with van der Waals surface area (Å²) in [5.74, 6) is 0. The van der Waals surface area contributed by atoms with Crippen LogP contribution in [-0.2, 0) is 28.2 Å². The highest BCUT2D eigenvalue weighted by Crippen LogP contribution is 2.33. The van der Waals surface area contributed by atoms with Gasteiger partial charge in [-0.25, -0.2) is 8.93 Å². The van der Waals surface area contributed by atoms with Gasteiger partial charge in [-0.15, -0.1) is 0 Å². The van der Waals surface area contributed by atoms with Gasteiger partial charge in [-0.3, -0.25) is 4.98 Å². The summed E-state index contributed by atoms with van der Waals surface area (Å²) in [4.78, 5) is 4.91. The minimum atomic E-state index is -1.20.